The van der Waals surface area contributed by atoms with Gasteiger partial charge in [0.05, 0.1) is 6.54 Å². The molecule has 1 aliphatic heterocycles. The van der Waals surface area contributed by atoms with E-state index in [9.17, 15) is 4.79 Å². The van der Waals surface area contributed by atoms with Gasteiger partial charge >= 0.3 is 5.97 Å². The normalized spacial score (nSPS) is 22.2. The summed E-state index contributed by atoms with van der Waals surface area (Å²) in [6.07, 6.45) is 4.60. The van der Waals surface area contributed by atoms with Gasteiger partial charge in [-0.2, -0.15) is 11.8 Å². The van der Waals surface area contributed by atoms with Gasteiger partial charge < -0.3 is 15.3 Å². The summed E-state index contributed by atoms with van der Waals surface area (Å²) in [5.74, 6) is 1.04. The fourth-order valence-electron chi connectivity index (χ4n) is 2.12. The molecule has 16 heavy (non-hydrogen) atoms. The van der Waals surface area contributed by atoms with E-state index in [2.05, 4.69) is 16.5 Å². The van der Waals surface area contributed by atoms with E-state index in [-0.39, 0.29) is 6.54 Å². The molecule has 0 radical (unpaired) electrons. The van der Waals surface area contributed by atoms with Crippen LogP contribution in [0.1, 0.15) is 12.8 Å². The van der Waals surface area contributed by atoms with Crippen molar-refractivity contribution >= 4 is 17.7 Å². The highest BCUT2D eigenvalue weighted by Crippen LogP contribution is 2.15. The molecule has 4 nitrogen and oxygen atoms in total. The van der Waals surface area contributed by atoms with Crippen LogP contribution in [0.15, 0.2) is 0 Å². The minimum absolute atomic E-state index is 0.0846. The predicted molar refractivity (Wildman–Crippen MR) is 68.1 cm³/mol. The highest BCUT2D eigenvalue weighted by molar-refractivity contribution is 7.98. The van der Waals surface area contributed by atoms with Crippen LogP contribution in [0.4, 0.5) is 0 Å². The SMILES string of the molecule is CSCCN1CCCC(CNCC(=O)O)C1. The third-order valence-electron chi connectivity index (χ3n) is 2.92. The first kappa shape index (κ1) is 13.8. The van der Waals surface area contributed by atoms with Crippen molar-refractivity contribution in [3.05, 3.63) is 0 Å². The Balaban J connectivity index is 2.14. The van der Waals surface area contributed by atoms with E-state index in [4.69, 9.17) is 5.11 Å². The average molecular weight is 246 g/mol. The summed E-state index contributed by atoms with van der Waals surface area (Å²) in [6.45, 7) is 4.41. The summed E-state index contributed by atoms with van der Waals surface area (Å²) in [7, 11) is 0. The molecule has 94 valence electrons. The lowest BCUT2D eigenvalue weighted by Crippen LogP contribution is -2.41. The number of nitrogens with one attached hydrogen (secondary N) is 1. The number of aliphatic carboxylic acids is 1. The quantitative estimate of drug-likeness (QED) is 0.694. The fraction of sp³-hybridized carbons (Fsp3) is 0.909. The first-order valence-electron chi connectivity index (χ1n) is 5.86. The van der Waals surface area contributed by atoms with Crippen LogP contribution in [-0.2, 0) is 4.79 Å². The van der Waals surface area contributed by atoms with Crippen LogP contribution in [0.25, 0.3) is 0 Å². The van der Waals surface area contributed by atoms with Crippen molar-refractivity contribution in [2.45, 2.75) is 12.8 Å². The smallest absolute Gasteiger partial charge is 0.317 e. The number of nitrogens with zero attached hydrogens (tertiary/aromatic N) is 1. The van der Waals surface area contributed by atoms with Crippen molar-refractivity contribution in [3.8, 4) is 0 Å². The maximum atomic E-state index is 10.4. The van der Waals surface area contributed by atoms with Gasteiger partial charge in [0.1, 0.15) is 0 Å². The van der Waals surface area contributed by atoms with Gasteiger partial charge in [-0.15, -0.1) is 0 Å². The molecule has 0 spiro atoms. The summed E-state index contributed by atoms with van der Waals surface area (Å²) < 4.78 is 0. The van der Waals surface area contributed by atoms with Crippen LogP contribution in [0.3, 0.4) is 0 Å². The second kappa shape index (κ2) is 7.92. The molecule has 1 aliphatic rings. The zero-order chi connectivity index (χ0) is 11.8. The summed E-state index contributed by atoms with van der Waals surface area (Å²) in [4.78, 5) is 12.9. The third-order valence-corrected chi connectivity index (χ3v) is 3.51. The Morgan fingerprint density at radius 1 is 1.62 bits per heavy atom. The molecule has 0 aromatic carbocycles. The standard InChI is InChI=1S/C11H22N2O2S/c1-16-6-5-13-4-2-3-10(9-13)7-12-8-11(14)15/h10,12H,2-9H2,1H3,(H,14,15). The Labute approximate surface area is 102 Å². The zero-order valence-corrected chi connectivity index (χ0v) is 10.8. The lowest BCUT2D eigenvalue weighted by atomic mass is 9.98. The summed E-state index contributed by atoms with van der Waals surface area (Å²) in [5, 5.41) is 11.5. The highest BCUT2D eigenvalue weighted by atomic mass is 32.2. The van der Waals surface area contributed by atoms with Gasteiger partial charge in [-0.25, -0.2) is 0 Å². The molecule has 1 saturated heterocycles. The Morgan fingerprint density at radius 2 is 2.44 bits per heavy atom. The number of rotatable bonds is 7. The monoisotopic (exact) mass is 246 g/mol. The fourth-order valence-corrected chi connectivity index (χ4v) is 2.57. The van der Waals surface area contributed by atoms with Crippen molar-refractivity contribution < 1.29 is 9.90 Å². The number of likely N-dealkylation sites (tertiary alicyclic amines) is 1. The molecular weight excluding hydrogens is 224 g/mol. The van der Waals surface area contributed by atoms with Gasteiger partial charge in [-0.3, -0.25) is 4.79 Å². The van der Waals surface area contributed by atoms with E-state index < -0.39 is 5.97 Å². The molecule has 0 bridgehead atoms. The lowest BCUT2D eigenvalue weighted by molar-refractivity contribution is -0.136. The molecular formula is C11H22N2O2S. The maximum Gasteiger partial charge on any atom is 0.317 e. The van der Waals surface area contributed by atoms with Crippen LogP contribution in [-0.4, -0.2) is 60.7 Å². The third kappa shape index (κ3) is 5.72. The summed E-state index contributed by atoms with van der Waals surface area (Å²) in [5.41, 5.74) is 0. The van der Waals surface area contributed by atoms with Crippen LogP contribution < -0.4 is 5.32 Å². The Bertz CT molecular complexity index is 214. The average Bonchev–Trinajstić information content (AvgIpc) is 2.26. The molecule has 0 aromatic heterocycles. The lowest BCUT2D eigenvalue weighted by Gasteiger charge is -2.32. The topological polar surface area (TPSA) is 52.6 Å². The van der Waals surface area contributed by atoms with Crippen LogP contribution in [0.5, 0.6) is 0 Å². The number of carboxylic acids is 1. The molecule has 0 aromatic rings. The number of carboxylic acid groups (broad SMARTS) is 1. The largest absolute Gasteiger partial charge is 0.480 e. The number of thioether (sulfide) groups is 1. The maximum absolute atomic E-state index is 10.4. The number of carbonyl (C=O) groups is 1. The molecule has 0 amide bonds. The first-order valence-corrected chi connectivity index (χ1v) is 7.25. The number of hydrogen-bond donors (Lipinski definition) is 2. The van der Waals surface area contributed by atoms with Gasteiger partial charge in [0.15, 0.2) is 0 Å². The highest BCUT2D eigenvalue weighted by Gasteiger charge is 2.19. The zero-order valence-electron chi connectivity index (χ0n) is 9.95. The first-order chi connectivity index (χ1) is 7.72. The van der Waals surface area contributed by atoms with E-state index in [1.165, 1.54) is 25.1 Å². The predicted octanol–water partition coefficient (Wildman–Crippen LogP) is 0.736. The molecule has 1 atom stereocenters. The van der Waals surface area contributed by atoms with Gasteiger partial charge in [0, 0.05) is 18.8 Å². The summed E-state index contributed by atoms with van der Waals surface area (Å²) in [6, 6.07) is 0. The molecule has 1 heterocycles. The Kier molecular flexibility index (Phi) is 6.84. The Hall–Kier alpha value is -0.260. The molecule has 0 saturated carbocycles. The molecule has 2 N–H and O–H groups in total. The summed E-state index contributed by atoms with van der Waals surface area (Å²) >= 11 is 1.88. The number of hydrogen-bond acceptors (Lipinski definition) is 4. The Morgan fingerprint density at radius 3 is 3.12 bits per heavy atom. The van der Waals surface area contributed by atoms with E-state index in [1.54, 1.807) is 0 Å². The van der Waals surface area contributed by atoms with Crippen molar-refractivity contribution in [1.82, 2.24) is 10.2 Å². The van der Waals surface area contributed by atoms with E-state index in [1.807, 2.05) is 11.8 Å². The van der Waals surface area contributed by atoms with Crippen LogP contribution in [0.2, 0.25) is 0 Å². The van der Waals surface area contributed by atoms with E-state index in [0.717, 1.165) is 19.6 Å². The van der Waals surface area contributed by atoms with Crippen molar-refractivity contribution in [3.63, 3.8) is 0 Å². The molecule has 1 rings (SSSR count). The van der Waals surface area contributed by atoms with Crippen molar-refractivity contribution in [1.29, 1.82) is 0 Å². The molecule has 5 heteroatoms. The molecule has 1 unspecified atom stereocenters. The minimum Gasteiger partial charge on any atom is -0.480 e. The molecule has 1 fully saturated rings. The van der Waals surface area contributed by atoms with E-state index >= 15 is 0 Å². The van der Waals surface area contributed by atoms with Crippen molar-refractivity contribution in [2.75, 3.05) is 44.7 Å². The van der Waals surface area contributed by atoms with Gasteiger partial charge in [0.25, 0.3) is 0 Å². The van der Waals surface area contributed by atoms with E-state index in [0.29, 0.717) is 5.92 Å². The van der Waals surface area contributed by atoms with Crippen LogP contribution >= 0.6 is 11.8 Å². The second-order valence-corrected chi connectivity index (χ2v) is 5.31. The van der Waals surface area contributed by atoms with Gasteiger partial charge in [-0.1, -0.05) is 0 Å². The van der Waals surface area contributed by atoms with Crippen LogP contribution in [0, 0.1) is 5.92 Å². The second-order valence-electron chi connectivity index (χ2n) is 4.33. The van der Waals surface area contributed by atoms with Gasteiger partial charge in [-0.05, 0) is 38.1 Å². The molecule has 0 aliphatic carbocycles. The number of piperidine rings is 1. The minimum atomic E-state index is -0.768. The van der Waals surface area contributed by atoms with Gasteiger partial charge in [0.2, 0.25) is 0 Å². The van der Waals surface area contributed by atoms with Crippen molar-refractivity contribution in [2.24, 2.45) is 5.92 Å².